The Bertz CT molecular complexity index is 748. The summed E-state index contributed by atoms with van der Waals surface area (Å²) < 4.78 is 1.90. The van der Waals surface area contributed by atoms with Crippen LogP contribution in [0.15, 0.2) is 54.7 Å². The second-order valence-electron chi connectivity index (χ2n) is 5.24. The van der Waals surface area contributed by atoms with Gasteiger partial charge in [0.25, 0.3) is 0 Å². The molecule has 0 amide bonds. The first kappa shape index (κ1) is 12.3. The highest BCUT2D eigenvalue weighted by molar-refractivity contribution is 5.78. The molecule has 3 aromatic rings. The fourth-order valence-electron chi connectivity index (χ4n) is 3.08. The van der Waals surface area contributed by atoms with Crippen molar-refractivity contribution in [2.24, 2.45) is 0 Å². The minimum Gasteiger partial charge on any atom is -0.396 e. The molecule has 1 aliphatic rings. The van der Waals surface area contributed by atoms with Gasteiger partial charge >= 0.3 is 0 Å². The van der Waals surface area contributed by atoms with Gasteiger partial charge in [0, 0.05) is 19.2 Å². The van der Waals surface area contributed by atoms with E-state index in [1.165, 1.54) is 22.3 Å². The van der Waals surface area contributed by atoms with E-state index in [-0.39, 0.29) is 12.6 Å². The predicted molar refractivity (Wildman–Crippen MR) is 79.9 cm³/mol. The summed E-state index contributed by atoms with van der Waals surface area (Å²) in [5.41, 5.74) is 5.84. The molecule has 21 heavy (non-hydrogen) atoms. The van der Waals surface area contributed by atoms with Crippen LogP contribution in [0.2, 0.25) is 0 Å². The van der Waals surface area contributed by atoms with E-state index in [1.807, 2.05) is 10.9 Å². The zero-order chi connectivity index (χ0) is 14.2. The van der Waals surface area contributed by atoms with Gasteiger partial charge in [0.05, 0.1) is 5.69 Å². The minimum atomic E-state index is 0.0670. The maximum atomic E-state index is 9.03. The number of aromatic nitrogens is 3. The van der Waals surface area contributed by atoms with Crippen molar-refractivity contribution >= 4 is 0 Å². The molecule has 1 N–H and O–H groups in total. The maximum absolute atomic E-state index is 9.03. The van der Waals surface area contributed by atoms with Crippen molar-refractivity contribution < 1.29 is 5.11 Å². The van der Waals surface area contributed by atoms with Crippen LogP contribution in [0.1, 0.15) is 22.9 Å². The van der Waals surface area contributed by atoms with E-state index >= 15 is 0 Å². The van der Waals surface area contributed by atoms with Gasteiger partial charge in [-0.25, -0.2) is 4.68 Å². The number of benzene rings is 2. The van der Waals surface area contributed by atoms with Crippen molar-refractivity contribution in [1.82, 2.24) is 15.0 Å². The highest BCUT2D eigenvalue weighted by Crippen LogP contribution is 2.44. The lowest BCUT2D eigenvalue weighted by Crippen LogP contribution is -2.10. The van der Waals surface area contributed by atoms with Gasteiger partial charge in [0.2, 0.25) is 0 Å². The van der Waals surface area contributed by atoms with Crippen molar-refractivity contribution in [3.63, 3.8) is 0 Å². The van der Waals surface area contributed by atoms with E-state index in [2.05, 4.69) is 58.8 Å². The lowest BCUT2D eigenvalue weighted by atomic mass is 10.1. The van der Waals surface area contributed by atoms with Crippen LogP contribution in [0.5, 0.6) is 0 Å². The van der Waals surface area contributed by atoms with Gasteiger partial charge in [0.1, 0.15) is 6.04 Å². The molecule has 0 saturated heterocycles. The molecule has 4 rings (SSSR count). The molecule has 2 aromatic carbocycles. The summed E-state index contributed by atoms with van der Waals surface area (Å²) in [5, 5.41) is 17.5. The van der Waals surface area contributed by atoms with Crippen LogP contribution >= 0.6 is 0 Å². The summed E-state index contributed by atoms with van der Waals surface area (Å²) >= 11 is 0. The first-order valence-corrected chi connectivity index (χ1v) is 7.08. The zero-order valence-corrected chi connectivity index (χ0v) is 11.5. The van der Waals surface area contributed by atoms with Crippen molar-refractivity contribution in [1.29, 1.82) is 0 Å². The van der Waals surface area contributed by atoms with Gasteiger partial charge in [-0.05, 0) is 22.3 Å². The molecule has 0 spiro atoms. The third kappa shape index (κ3) is 1.87. The number of aliphatic hydroxyl groups is 1. The van der Waals surface area contributed by atoms with E-state index in [9.17, 15) is 0 Å². The molecule has 0 saturated carbocycles. The second kappa shape index (κ2) is 4.82. The number of hydrogen-bond donors (Lipinski definition) is 1. The van der Waals surface area contributed by atoms with Crippen LogP contribution in [0.25, 0.3) is 11.1 Å². The molecule has 104 valence electrons. The summed E-state index contributed by atoms with van der Waals surface area (Å²) in [6.45, 7) is 0.0938. The lowest BCUT2D eigenvalue weighted by Gasteiger charge is -2.13. The molecule has 1 aromatic heterocycles. The molecule has 0 unspecified atom stereocenters. The van der Waals surface area contributed by atoms with Crippen LogP contribution < -0.4 is 0 Å². The first-order valence-electron chi connectivity index (χ1n) is 7.08. The Balaban J connectivity index is 1.88. The molecule has 0 aliphatic heterocycles. The summed E-state index contributed by atoms with van der Waals surface area (Å²) in [7, 11) is 0. The fraction of sp³-hybridized carbons (Fsp3) is 0.176. The lowest BCUT2D eigenvalue weighted by molar-refractivity contribution is 0.298. The Morgan fingerprint density at radius 2 is 1.57 bits per heavy atom. The normalized spacial score (nSPS) is 13.2. The monoisotopic (exact) mass is 277 g/mol. The van der Waals surface area contributed by atoms with E-state index in [0.717, 1.165) is 5.69 Å². The van der Waals surface area contributed by atoms with Crippen LogP contribution in [0, 0.1) is 0 Å². The van der Waals surface area contributed by atoms with Crippen LogP contribution in [-0.2, 0) is 6.42 Å². The van der Waals surface area contributed by atoms with Crippen LogP contribution in [0.4, 0.5) is 0 Å². The summed E-state index contributed by atoms with van der Waals surface area (Å²) in [5.74, 6) is 0. The van der Waals surface area contributed by atoms with Gasteiger partial charge in [0.15, 0.2) is 0 Å². The molecule has 4 heteroatoms. The minimum absolute atomic E-state index is 0.0670. The van der Waals surface area contributed by atoms with Gasteiger partial charge < -0.3 is 5.11 Å². The van der Waals surface area contributed by atoms with Crippen molar-refractivity contribution in [2.45, 2.75) is 12.5 Å². The summed E-state index contributed by atoms with van der Waals surface area (Å²) in [4.78, 5) is 0. The molecule has 0 bridgehead atoms. The Kier molecular flexibility index (Phi) is 2.82. The third-order valence-electron chi connectivity index (χ3n) is 3.99. The van der Waals surface area contributed by atoms with Gasteiger partial charge in [-0.1, -0.05) is 53.7 Å². The van der Waals surface area contributed by atoms with Gasteiger partial charge in [-0.3, -0.25) is 0 Å². The Morgan fingerprint density at radius 1 is 0.952 bits per heavy atom. The first-order chi connectivity index (χ1) is 10.4. The largest absolute Gasteiger partial charge is 0.396 e. The number of rotatable bonds is 3. The van der Waals surface area contributed by atoms with Crippen molar-refractivity contribution in [3.05, 3.63) is 71.5 Å². The number of hydrogen-bond acceptors (Lipinski definition) is 3. The SMILES string of the molecule is OCCc1cn(C2c3ccccc3-c3ccccc32)nn1. The summed E-state index contributed by atoms with van der Waals surface area (Å²) in [6.07, 6.45) is 2.47. The van der Waals surface area contributed by atoms with E-state index in [0.29, 0.717) is 6.42 Å². The molecule has 4 nitrogen and oxygen atoms in total. The van der Waals surface area contributed by atoms with Crippen LogP contribution in [0.3, 0.4) is 0 Å². The number of aliphatic hydroxyl groups excluding tert-OH is 1. The standard InChI is InChI=1S/C17H15N3O/c21-10-9-12-11-20(19-18-12)17-15-7-3-1-5-13(15)14-6-2-4-8-16(14)17/h1-8,11,17,21H,9-10H2. The Hall–Kier alpha value is -2.46. The smallest absolute Gasteiger partial charge is 0.105 e. The molecular weight excluding hydrogens is 262 g/mol. The number of nitrogens with zero attached hydrogens (tertiary/aromatic N) is 3. The van der Waals surface area contributed by atoms with Crippen LogP contribution in [-0.4, -0.2) is 26.7 Å². The van der Waals surface area contributed by atoms with E-state index < -0.39 is 0 Å². The fourth-order valence-corrected chi connectivity index (χ4v) is 3.08. The zero-order valence-electron chi connectivity index (χ0n) is 11.5. The Morgan fingerprint density at radius 3 is 2.19 bits per heavy atom. The second-order valence-corrected chi connectivity index (χ2v) is 5.24. The molecule has 1 heterocycles. The average Bonchev–Trinajstić information content (AvgIpc) is 3.10. The third-order valence-corrected chi connectivity index (χ3v) is 3.99. The Labute approximate surface area is 122 Å². The topological polar surface area (TPSA) is 50.9 Å². The molecule has 0 radical (unpaired) electrons. The van der Waals surface area contributed by atoms with Gasteiger partial charge in [-0.2, -0.15) is 0 Å². The van der Waals surface area contributed by atoms with Gasteiger partial charge in [-0.15, -0.1) is 5.10 Å². The molecule has 0 atom stereocenters. The quantitative estimate of drug-likeness (QED) is 0.625. The predicted octanol–water partition coefficient (Wildman–Crippen LogP) is 2.43. The highest BCUT2D eigenvalue weighted by Gasteiger charge is 2.30. The van der Waals surface area contributed by atoms with Crippen molar-refractivity contribution in [3.8, 4) is 11.1 Å². The van der Waals surface area contributed by atoms with Crippen molar-refractivity contribution in [2.75, 3.05) is 6.61 Å². The van der Waals surface area contributed by atoms with E-state index in [1.54, 1.807) is 0 Å². The average molecular weight is 277 g/mol. The molecule has 1 aliphatic carbocycles. The summed E-state index contributed by atoms with van der Waals surface area (Å²) in [6, 6.07) is 16.9. The van der Waals surface area contributed by atoms with E-state index in [4.69, 9.17) is 5.11 Å². The number of fused-ring (bicyclic) bond motifs is 3. The molecule has 0 fully saturated rings. The maximum Gasteiger partial charge on any atom is 0.105 e. The highest BCUT2D eigenvalue weighted by atomic mass is 16.3. The molecular formula is C17H15N3O.